The summed E-state index contributed by atoms with van der Waals surface area (Å²) in [4.78, 5) is 12.0. The van der Waals surface area contributed by atoms with Crippen molar-refractivity contribution in [1.29, 1.82) is 0 Å². The fourth-order valence-electron chi connectivity index (χ4n) is 1.93. The highest BCUT2D eigenvalue weighted by atomic mass is 32.2. The summed E-state index contributed by atoms with van der Waals surface area (Å²) in [7, 11) is -3.65. The molecule has 0 bridgehead atoms. The van der Waals surface area contributed by atoms with Crippen LogP contribution in [0.25, 0.3) is 0 Å². The quantitative estimate of drug-likeness (QED) is 0.810. The number of rotatable bonds is 6. The van der Waals surface area contributed by atoms with Gasteiger partial charge in [-0.3, -0.25) is 4.72 Å². The Labute approximate surface area is 142 Å². The van der Waals surface area contributed by atoms with Gasteiger partial charge in [-0.05, 0) is 49.2 Å². The third kappa shape index (κ3) is 4.83. The van der Waals surface area contributed by atoms with Gasteiger partial charge in [-0.15, -0.1) is 0 Å². The van der Waals surface area contributed by atoms with Crippen LogP contribution in [0.5, 0.6) is 0 Å². The molecular formula is C18H21NO4S. The number of carbonyl (C=O) groups is 1. The minimum absolute atomic E-state index is 0.188. The number of sulfonamides is 1. The topological polar surface area (TPSA) is 72.5 Å². The first-order chi connectivity index (χ1) is 11.3. The predicted molar refractivity (Wildman–Crippen MR) is 93.6 cm³/mol. The van der Waals surface area contributed by atoms with E-state index in [0.717, 1.165) is 5.56 Å². The predicted octanol–water partition coefficient (Wildman–Crippen LogP) is 3.61. The molecule has 0 heterocycles. The molecule has 0 aromatic heterocycles. The lowest BCUT2D eigenvalue weighted by molar-refractivity contribution is 0.0459. The van der Waals surface area contributed by atoms with E-state index in [2.05, 4.69) is 4.72 Å². The summed E-state index contributed by atoms with van der Waals surface area (Å²) in [6, 6.07) is 12.7. The van der Waals surface area contributed by atoms with Crippen molar-refractivity contribution in [3.63, 3.8) is 0 Å². The van der Waals surface area contributed by atoms with Crippen molar-refractivity contribution in [2.24, 2.45) is 5.92 Å². The first-order valence-electron chi connectivity index (χ1n) is 7.64. The highest BCUT2D eigenvalue weighted by Crippen LogP contribution is 2.17. The zero-order valence-electron chi connectivity index (χ0n) is 13.9. The fourth-order valence-corrected chi connectivity index (χ4v) is 2.99. The number of benzene rings is 2. The van der Waals surface area contributed by atoms with E-state index in [1.165, 1.54) is 24.3 Å². The van der Waals surface area contributed by atoms with Crippen molar-refractivity contribution in [3.05, 3.63) is 59.7 Å². The van der Waals surface area contributed by atoms with Gasteiger partial charge >= 0.3 is 5.97 Å². The zero-order valence-corrected chi connectivity index (χ0v) is 14.8. The average molecular weight is 347 g/mol. The van der Waals surface area contributed by atoms with Crippen LogP contribution in [0, 0.1) is 12.8 Å². The summed E-state index contributed by atoms with van der Waals surface area (Å²) in [6.07, 6.45) is 0. The maximum atomic E-state index is 12.3. The van der Waals surface area contributed by atoms with Crippen LogP contribution in [0.4, 0.5) is 5.69 Å². The lowest BCUT2D eigenvalue weighted by Crippen LogP contribution is -2.13. The number of anilines is 1. The summed E-state index contributed by atoms with van der Waals surface area (Å²) in [5.41, 5.74) is 1.75. The molecule has 0 aliphatic carbocycles. The molecule has 2 rings (SSSR count). The van der Waals surface area contributed by atoms with Crippen LogP contribution < -0.4 is 4.72 Å². The smallest absolute Gasteiger partial charge is 0.338 e. The van der Waals surface area contributed by atoms with Crippen LogP contribution in [0.1, 0.15) is 29.8 Å². The van der Waals surface area contributed by atoms with Gasteiger partial charge in [0.05, 0.1) is 17.1 Å². The average Bonchev–Trinajstić information content (AvgIpc) is 2.53. The van der Waals surface area contributed by atoms with E-state index >= 15 is 0 Å². The van der Waals surface area contributed by atoms with Gasteiger partial charge in [0, 0.05) is 5.69 Å². The molecule has 0 unspecified atom stereocenters. The molecular weight excluding hydrogens is 326 g/mol. The molecule has 0 spiro atoms. The summed E-state index contributed by atoms with van der Waals surface area (Å²) >= 11 is 0. The van der Waals surface area contributed by atoms with Crippen molar-refractivity contribution in [2.75, 3.05) is 11.3 Å². The molecule has 0 amide bonds. The van der Waals surface area contributed by atoms with E-state index in [9.17, 15) is 13.2 Å². The van der Waals surface area contributed by atoms with Gasteiger partial charge in [0.15, 0.2) is 0 Å². The Hall–Kier alpha value is -2.34. The highest BCUT2D eigenvalue weighted by Gasteiger charge is 2.14. The van der Waals surface area contributed by atoms with Crippen molar-refractivity contribution in [3.8, 4) is 0 Å². The van der Waals surface area contributed by atoms with E-state index in [4.69, 9.17) is 4.74 Å². The Morgan fingerprint density at radius 3 is 2.17 bits per heavy atom. The minimum atomic E-state index is -3.65. The van der Waals surface area contributed by atoms with Gasteiger partial charge in [-0.25, -0.2) is 13.2 Å². The van der Waals surface area contributed by atoms with Crippen molar-refractivity contribution in [1.82, 2.24) is 0 Å². The third-order valence-corrected chi connectivity index (χ3v) is 4.65. The SMILES string of the molecule is Cc1ccc(S(=O)(=O)Nc2ccc(C(=O)OCC(C)C)cc2)cc1. The second-order valence-corrected chi connectivity index (χ2v) is 7.67. The molecule has 0 fully saturated rings. The second-order valence-electron chi connectivity index (χ2n) is 5.99. The van der Waals surface area contributed by atoms with Gasteiger partial charge in [0.1, 0.15) is 0 Å². The number of hydrogen-bond donors (Lipinski definition) is 1. The second kappa shape index (κ2) is 7.49. The van der Waals surface area contributed by atoms with Gasteiger partial charge < -0.3 is 4.74 Å². The normalized spacial score (nSPS) is 11.3. The Morgan fingerprint density at radius 1 is 1.04 bits per heavy atom. The van der Waals surface area contributed by atoms with E-state index in [0.29, 0.717) is 17.9 Å². The maximum Gasteiger partial charge on any atom is 0.338 e. The molecule has 2 aromatic carbocycles. The molecule has 0 atom stereocenters. The van der Waals surface area contributed by atoms with Crippen molar-refractivity contribution in [2.45, 2.75) is 25.7 Å². The van der Waals surface area contributed by atoms with E-state index < -0.39 is 16.0 Å². The standard InChI is InChI=1S/C18H21NO4S/c1-13(2)12-23-18(20)15-6-8-16(9-7-15)19-24(21,22)17-10-4-14(3)5-11-17/h4-11,13,19H,12H2,1-3H3. The van der Waals surface area contributed by atoms with Crippen LogP contribution >= 0.6 is 0 Å². The number of carbonyl (C=O) groups excluding carboxylic acids is 1. The number of aryl methyl sites for hydroxylation is 1. The highest BCUT2D eigenvalue weighted by molar-refractivity contribution is 7.92. The summed E-state index contributed by atoms with van der Waals surface area (Å²) in [5.74, 6) is -0.161. The molecule has 0 aliphatic rings. The Balaban J connectivity index is 2.08. The zero-order chi connectivity index (χ0) is 17.7. The lowest BCUT2D eigenvalue weighted by Gasteiger charge is -2.10. The van der Waals surface area contributed by atoms with E-state index in [1.54, 1.807) is 24.3 Å². The first kappa shape index (κ1) is 18.0. The van der Waals surface area contributed by atoms with Gasteiger partial charge in [0.2, 0.25) is 0 Å². The van der Waals surface area contributed by atoms with Gasteiger partial charge in [-0.2, -0.15) is 0 Å². The van der Waals surface area contributed by atoms with Crippen LogP contribution in [-0.2, 0) is 14.8 Å². The molecule has 0 saturated heterocycles. The van der Waals surface area contributed by atoms with Crippen LogP contribution in [0.2, 0.25) is 0 Å². The molecule has 24 heavy (non-hydrogen) atoms. The molecule has 2 aromatic rings. The monoisotopic (exact) mass is 347 g/mol. The Kier molecular flexibility index (Phi) is 5.62. The summed E-state index contributed by atoms with van der Waals surface area (Å²) < 4.78 is 32.2. The van der Waals surface area contributed by atoms with Gasteiger partial charge in [0.25, 0.3) is 10.0 Å². The number of ether oxygens (including phenoxy) is 1. The summed E-state index contributed by atoms with van der Waals surface area (Å²) in [5, 5.41) is 0. The molecule has 0 saturated carbocycles. The van der Waals surface area contributed by atoms with E-state index in [1.807, 2.05) is 20.8 Å². The molecule has 128 valence electrons. The third-order valence-electron chi connectivity index (χ3n) is 3.25. The van der Waals surface area contributed by atoms with Crippen LogP contribution in [-0.4, -0.2) is 21.0 Å². The Morgan fingerprint density at radius 2 is 1.62 bits per heavy atom. The Bertz CT molecular complexity index is 794. The molecule has 0 radical (unpaired) electrons. The van der Waals surface area contributed by atoms with Crippen molar-refractivity contribution >= 4 is 21.7 Å². The number of nitrogens with one attached hydrogen (secondary N) is 1. The minimum Gasteiger partial charge on any atom is -0.462 e. The maximum absolute atomic E-state index is 12.3. The fraction of sp³-hybridized carbons (Fsp3) is 0.278. The lowest BCUT2D eigenvalue weighted by atomic mass is 10.2. The van der Waals surface area contributed by atoms with E-state index in [-0.39, 0.29) is 10.8 Å². The number of hydrogen-bond acceptors (Lipinski definition) is 4. The first-order valence-corrected chi connectivity index (χ1v) is 9.13. The van der Waals surface area contributed by atoms with Crippen LogP contribution in [0.3, 0.4) is 0 Å². The van der Waals surface area contributed by atoms with Crippen molar-refractivity contribution < 1.29 is 17.9 Å². The molecule has 5 nitrogen and oxygen atoms in total. The van der Waals surface area contributed by atoms with Gasteiger partial charge in [-0.1, -0.05) is 31.5 Å². The largest absolute Gasteiger partial charge is 0.462 e. The summed E-state index contributed by atoms with van der Waals surface area (Å²) in [6.45, 7) is 6.15. The van der Waals surface area contributed by atoms with Crippen LogP contribution in [0.15, 0.2) is 53.4 Å². The molecule has 6 heteroatoms. The molecule has 1 N–H and O–H groups in total. The number of esters is 1. The molecule has 0 aliphatic heterocycles.